The largest absolute Gasteiger partial charge is 0.381 e. The molecule has 2 aromatic carbocycles. The summed E-state index contributed by atoms with van der Waals surface area (Å²) in [7, 11) is -4.31. The summed E-state index contributed by atoms with van der Waals surface area (Å²) in [5.74, 6) is -3.05. The van der Waals surface area contributed by atoms with Crippen molar-refractivity contribution in [3.8, 4) is 0 Å². The lowest BCUT2D eigenvalue weighted by Gasteiger charge is -2.36. The molecular formula is C31H36F2N6O6S. The number of morpholine rings is 1. The Morgan fingerprint density at radius 2 is 1.78 bits per heavy atom. The quantitative estimate of drug-likeness (QED) is 0.335. The lowest BCUT2D eigenvalue weighted by atomic mass is 9.84. The van der Waals surface area contributed by atoms with Gasteiger partial charge in [0, 0.05) is 62.1 Å². The summed E-state index contributed by atoms with van der Waals surface area (Å²) < 4.78 is 66.9. The molecule has 246 valence electrons. The van der Waals surface area contributed by atoms with Crippen LogP contribution in [0.4, 0.5) is 20.3 Å². The lowest BCUT2D eigenvalue weighted by Crippen LogP contribution is -2.45. The number of hydrogen-bond donors (Lipinski definition) is 3. The van der Waals surface area contributed by atoms with Crippen LogP contribution in [0.5, 0.6) is 0 Å². The summed E-state index contributed by atoms with van der Waals surface area (Å²) >= 11 is 0. The van der Waals surface area contributed by atoms with E-state index in [1.165, 1.54) is 0 Å². The van der Waals surface area contributed by atoms with Crippen LogP contribution in [0.1, 0.15) is 47.4 Å². The average Bonchev–Trinajstić information content (AvgIpc) is 3.69. The van der Waals surface area contributed by atoms with Crippen LogP contribution >= 0.6 is 0 Å². The molecular weight excluding hydrogens is 622 g/mol. The smallest absolute Gasteiger partial charge is 0.258 e. The second kappa shape index (κ2) is 12.8. The maximum absolute atomic E-state index is 14.0. The van der Waals surface area contributed by atoms with Gasteiger partial charge in [-0.1, -0.05) is 19.9 Å². The third-order valence-corrected chi connectivity index (χ3v) is 10.3. The molecule has 0 spiro atoms. The number of nitrogens with zero attached hydrogens (tertiary/aromatic N) is 3. The van der Waals surface area contributed by atoms with E-state index in [2.05, 4.69) is 25.7 Å². The summed E-state index contributed by atoms with van der Waals surface area (Å²) in [6.45, 7) is 7.62. The molecule has 3 aromatic rings. The number of fused-ring (bicyclic) bond motifs is 1. The second-order valence-corrected chi connectivity index (χ2v) is 14.4. The van der Waals surface area contributed by atoms with Gasteiger partial charge >= 0.3 is 0 Å². The molecule has 0 saturated carbocycles. The van der Waals surface area contributed by atoms with E-state index in [1.807, 2.05) is 6.07 Å². The highest BCUT2D eigenvalue weighted by Crippen LogP contribution is 2.38. The average molecular weight is 659 g/mol. The lowest BCUT2D eigenvalue weighted by molar-refractivity contribution is -0.119. The number of aromatic amines is 1. The molecule has 2 amide bonds. The van der Waals surface area contributed by atoms with E-state index in [1.54, 1.807) is 26.0 Å². The zero-order valence-corrected chi connectivity index (χ0v) is 26.4. The van der Waals surface area contributed by atoms with Crippen molar-refractivity contribution in [3.05, 3.63) is 70.4 Å². The minimum absolute atomic E-state index is 0.00170. The number of aromatic nitrogens is 2. The maximum atomic E-state index is 14.0. The molecule has 1 aromatic heterocycles. The highest BCUT2D eigenvalue weighted by atomic mass is 32.2. The first-order valence-corrected chi connectivity index (χ1v) is 16.5. The number of carbonyl (C=O) groups is 2. The molecule has 3 aliphatic rings. The minimum Gasteiger partial charge on any atom is -0.381 e. The molecule has 2 fully saturated rings. The minimum atomic E-state index is -4.31. The standard InChI is InChI=1S/C31H36F2N6O6S/c1-31(2)18-39(46(42,43)23-13-21(32)12-22(33)14-23)16-25-27(31)36-37-28(25)35-30(41)24-4-3-19(15-38-6-9-44-10-7-38)11-26(24)34-29(40)20-5-8-45-17-20/h3-4,11-14,20H,5-10,15-18H2,1-2H3,(H,34,40)(H2,35,36,37,41). The molecule has 1 atom stereocenters. The molecule has 3 aliphatic heterocycles. The number of rotatable bonds is 8. The number of amides is 2. The zero-order valence-electron chi connectivity index (χ0n) is 25.6. The predicted molar refractivity (Wildman–Crippen MR) is 164 cm³/mol. The summed E-state index contributed by atoms with van der Waals surface area (Å²) in [6.07, 6.45) is 0.581. The molecule has 6 rings (SSSR count). The second-order valence-electron chi connectivity index (χ2n) is 12.5. The SMILES string of the molecule is CC1(C)CN(S(=O)(=O)c2cc(F)cc(F)c2)Cc2c(NC(=O)c3ccc(CN4CCOCC4)cc3NC(=O)C3CCOC3)n[nH]c21. The van der Waals surface area contributed by atoms with Gasteiger partial charge in [-0.15, -0.1) is 0 Å². The summed E-state index contributed by atoms with van der Waals surface area (Å²) in [5, 5.41) is 13.0. The number of nitrogens with one attached hydrogen (secondary N) is 3. The van der Waals surface area contributed by atoms with Gasteiger partial charge in [-0.3, -0.25) is 19.6 Å². The van der Waals surface area contributed by atoms with Crippen molar-refractivity contribution in [2.75, 3.05) is 56.7 Å². The fraction of sp³-hybridized carbons (Fsp3) is 0.452. The van der Waals surface area contributed by atoms with Crippen molar-refractivity contribution in [2.24, 2.45) is 5.92 Å². The van der Waals surface area contributed by atoms with Gasteiger partial charge in [-0.2, -0.15) is 9.40 Å². The molecule has 4 heterocycles. The third-order valence-electron chi connectivity index (χ3n) is 8.55. The number of ether oxygens (including phenoxy) is 2. The number of hydrogen-bond acceptors (Lipinski definition) is 8. The Kier molecular flexibility index (Phi) is 8.95. The van der Waals surface area contributed by atoms with E-state index in [4.69, 9.17) is 9.47 Å². The molecule has 3 N–H and O–H groups in total. The first kappa shape index (κ1) is 32.2. The molecule has 15 heteroatoms. The van der Waals surface area contributed by atoms with Crippen molar-refractivity contribution in [1.29, 1.82) is 0 Å². The number of carbonyl (C=O) groups excluding carboxylic acids is 2. The third kappa shape index (κ3) is 6.69. The van der Waals surface area contributed by atoms with Crippen LogP contribution in [0.2, 0.25) is 0 Å². The number of anilines is 2. The van der Waals surface area contributed by atoms with Crippen LogP contribution in [0.15, 0.2) is 41.3 Å². The summed E-state index contributed by atoms with van der Waals surface area (Å²) in [4.78, 5) is 28.6. The molecule has 12 nitrogen and oxygen atoms in total. The van der Waals surface area contributed by atoms with Crippen LogP contribution in [0.3, 0.4) is 0 Å². The van der Waals surface area contributed by atoms with Gasteiger partial charge in [0.2, 0.25) is 15.9 Å². The number of H-pyrrole nitrogens is 1. The fourth-order valence-corrected chi connectivity index (χ4v) is 7.70. The topological polar surface area (TPSA) is 146 Å². The fourth-order valence-electron chi connectivity index (χ4n) is 6.09. The zero-order chi connectivity index (χ0) is 32.6. The Bertz CT molecular complexity index is 1730. The van der Waals surface area contributed by atoms with Crippen molar-refractivity contribution in [1.82, 2.24) is 19.4 Å². The van der Waals surface area contributed by atoms with Crippen LogP contribution in [-0.4, -0.2) is 85.7 Å². The molecule has 0 bridgehead atoms. The van der Waals surface area contributed by atoms with E-state index in [0.717, 1.165) is 35.1 Å². The van der Waals surface area contributed by atoms with Crippen LogP contribution < -0.4 is 10.6 Å². The van der Waals surface area contributed by atoms with Gasteiger partial charge in [-0.25, -0.2) is 17.2 Å². The van der Waals surface area contributed by atoms with Crippen LogP contribution in [0, 0.1) is 17.6 Å². The summed E-state index contributed by atoms with van der Waals surface area (Å²) in [6, 6.07) is 7.41. The Morgan fingerprint density at radius 3 is 2.48 bits per heavy atom. The van der Waals surface area contributed by atoms with Crippen molar-refractivity contribution in [3.63, 3.8) is 0 Å². The van der Waals surface area contributed by atoms with Crippen molar-refractivity contribution < 1.29 is 36.3 Å². The number of halogens is 2. The molecule has 0 aliphatic carbocycles. The first-order chi connectivity index (χ1) is 21.9. The van der Waals surface area contributed by atoms with Crippen LogP contribution in [0.25, 0.3) is 0 Å². The highest BCUT2D eigenvalue weighted by molar-refractivity contribution is 7.89. The van der Waals surface area contributed by atoms with E-state index in [-0.39, 0.29) is 36.3 Å². The molecule has 1 unspecified atom stereocenters. The van der Waals surface area contributed by atoms with E-state index >= 15 is 0 Å². The summed E-state index contributed by atoms with van der Waals surface area (Å²) in [5.41, 5.74) is 1.70. The normalized spacial score (nSPS) is 20.3. The van der Waals surface area contributed by atoms with Crippen LogP contribution in [-0.2, 0) is 42.8 Å². The van der Waals surface area contributed by atoms with Crippen molar-refractivity contribution in [2.45, 2.75) is 43.7 Å². The van der Waals surface area contributed by atoms with Gasteiger partial charge in [0.05, 0.1) is 41.9 Å². The van der Waals surface area contributed by atoms with Gasteiger partial charge in [0.25, 0.3) is 5.91 Å². The Balaban J connectivity index is 1.27. The molecule has 46 heavy (non-hydrogen) atoms. The van der Waals surface area contributed by atoms with Gasteiger partial charge in [0.1, 0.15) is 11.6 Å². The molecule has 0 radical (unpaired) electrons. The van der Waals surface area contributed by atoms with Gasteiger partial charge < -0.3 is 20.1 Å². The Labute approximate surface area is 265 Å². The molecule has 2 saturated heterocycles. The van der Waals surface area contributed by atoms with Gasteiger partial charge in [-0.05, 0) is 36.2 Å². The van der Waals surface area contributed by atoms with E-state index < -0.39 is 37.9 Å². The maximum Gasteiger partial charge on any atom is 0.258 e. The predicted octanol–water partition coefficient (Wildman–Crippen LogP) is 3.23. The highest BCUT2D eigenvalue weighted by Gasteiger charge is 2.41. The Hall–Kier alpha value is -3.76. The van der Waals surface area contributed by atoms with Crippen molar-refractivity contribution >= 4 is 33.3 Å². The monoisotopic (exact) mass is 658 g/mol. The number of benzene rings is 2. The van der Waals surface area contributed by atoms with E-state index in [9.17, 15) is 26.8 Å². The Morgan fingerprint density at radius 1 is 1.04 bits per heavy atom. The first-order valence-electron chi connectivity index (χ1n) is 15.1. The number of sulfonamides is 1. The van der Waals surface area contributed by atoms with Gasteiger partial charge in [0.15, 0.2) is 5.82 Å². The van der Waals surface area contributed by atoms with E-state index in [0.29, 0.717) is 62.4 Å².